The topological polar surface area (TPSA) is 125 Å². The number of nitrogens with zero attached hydrogens (tertiary/aromatic N) is 2. The van der Waals surface area contributed by atoms with Gasteiger partial charge in [-0.2, -0.15) is 0 Å². The van der Waals surface area contributed by atoms with Crippen molar-refractivity contribution in [2.45, 2.75) is 63.1 Å². The summed E-state index contributed by atoms with van der Waals surface area (Å²) >= 11 is 0. The van der Waals surface area contributed by atoms with Gasteiger partial charge in [0.05, 0.1) is 6.04 Å². The first-order valence-electron chi connectivity index (χ1n) is 12.2. The third-order valence-corrected chi connectivity index (χ3v) is 6.05. The van der Waals surface area contributed by atoms with Gasteiger partial charge in [-0.1, -0.05) is 36.8 Å². The van der Waals surface area contributed by atoms with Gasteiger partial charge in [0.1, 0.15) is 6.04 Å². The van der Waals surface area contributed by atoms with Gasteiger partial charge in [0.25, 0.3) is 0 Å². The molecule has 1 amide bonds. The number of nitrogens with one attached hydrogen (secondary N) is 1. The number of carboxylic acids is 1. The van der Waals surface area contributed by atoms with E-state index in [1.807, 2.05) is 44.4 Å². The zero-order chi connectivity index (χ0) is 24.9. The van der Waals surface area contributed by atoms with Crippen molar-refractivity contribution in [2.75, 3.05) is 40.3 Å². The number of esters is 1. The summed E-state index contributed by atoms with van der Waals surface area (Å²) in [5.74, 6) is -2.11. The van der Waals surface area contributed by atoms with E-state index in [2.05, 4.69) is 10.2 Å². The number of likely N-dealkylation sites (N-methyl/N-ethyl adjacent to an activating group) is 1. The second-order valence-electron chi connectivity index (χ2n) is 9.13. The van der Waals surface area contributed by atoms with E-state index in [1.54, 1.807) is 0 Å². The summed E-state index contributed by atoms with van der Waals surface area (Å²) in [7, 11) is 4.06. The standard InChI is InChI=1S/C25H40N4O5/c1-28(2)18-16-27-15-7-6-11-20(26)23(30)29-17-8-12-21(29)25(33)34-22(24(31)32)14-13-19-9-4-3-5-10-19/h3-5,9-10,20-22,27H,6-8,11-18,26H2,1-2H3,(H,31,32)/t20-,21-,22-/m0/s1. The van der Waals surface area contributed by atoms with Crippen LogP contribution in [0.1, 0.15) is 44.1 Å². The third-order valence-electron chi connectivity index (χ3n) is 6.05. The monoisotopic (exact) mass is 476 g/mol. The van der Waals surface area contributed by atoms with E-state index in [0.717, 1.165) is 38.0 Å². The number of hydrogen-bond donors (Lipinski definition) is 3. The van der Waals surface area contributed by atoms with E-state index in [4.69, 9.17) is 10.5 Å². The Balaban J connectivity index is 1.79. The molecule has 1 heterocycles. The number of amides is 1. The molecule has 34 heavy (non-hydrogen) atoms. The van der Waals surface area contributed by atoms with Gasteiger partial charge in [-0.3, -0.25) is 4.79 Å². The summed E-state index contributed by atoms with van der Waals surface area (Å²) in [6, 6.07) is 8.00. The van der Waals surface area contributed by atoms with Crippen LogP contribution < -0.4 is 11.1 Å². The molecule has 1 saturated heterocycles. The molecule has 0 aliphatic carbocycles. The van der Waals surface area contributed by atoms with Gasteiger partial charge in [-0.15, -0.1) is 0 Å². The number of aliphatic carboxylic acids is 1. The van der Waals surface area contributed by atoms with Gasteiger partial charge in [-0.05, 0) is 64.7 Å². The van der Waals surface area contributed by atoms with Crippen LogP contribution in [0.2, 0.25) is 0 Å². The molecule has 3 atom stereocenters. The first-order valence-corrected chi connectivity index (χ1v) is 12.2. The zero-order valence-corrected chi connectivity index (χ0v) is 20.4. The predicted octanol–water partition coefficient (Wildman–Crippen LogP) is 1.26. The van der Waals surface area contributed by atoms with E-state index < -0.39 is 30.1 Å². The van der Waals surface area contributed by atoms with Gasteiger partial charge in [0.2, 0.25) is 5.91 Å². The lowest BCUT2D eigenvalue weighted by Crippen LogP contribution is -2.49. The minimum absolute atomic E-state index is 0.174. The van der Waals surface area contributed by atoms with Gasteiger partial charge < -0.3 is 30.7 Å². The van der Waals surface area contributed by atoms with Crippen LogP contribution in [0.4, 0.5) is 0 Å². The van der Waals surface area contributed by atoms with Crippen molar-refractivity contribution >= 4 is 17.8 Å². The number of carbonyl (C=O) groups excluding carboxylic acids is 2. The smallest absolute Gasteiger partial charge is 0.345 e. The van der Waals surface area contributed by atoms with Crippen LogP contribution in [0.3, 0.4) is 0 Å². The van der Waals surface area contributed by atoms with Gasteiger partial charge in [0, 0.05) is 19.6 Å². The van der Waals surface area contributed by atoms with Crippen molar-refractivity contribution in [1.29, 1.82) is 0 Å². The summed E-state index contributed by atoms with van der Waals surface area (Å²) < 4.78 is 5.35. The highest BCUT2D eigenvalue weighted by Crippen LogP contribution is 2.21. The number of carboxylic acid groups (broad SMARTS) is 1. The van der Waals surface area contributed by atoms with Gasteiger partial charge in [-0.25, -0.2) is 9.59 Å². The second-order valence-corrected chi connectivity index (χ2v) is 9.13. The highest BCUT2D eigenvalue weighted by atomic mass is 16.6. The number of likely N-dealkylation sites (tertiary alicyclic amines) is 1. The molecule has 0 bridgehead atoms. The quantitative estimate of drug-likeness (QED) is 0.255. The lowest BCUT2D eigenvalue weighted by Gasteiger charge is -2.27. The summed E-state index contributed by atoms with van der Waals surface area (Å²) in [5.41, 5.74) is 7.11. The number of ether oxygens (including phenoxy) is 1. The average molecular weight is 477 g/mol. The Morgan fingerprint density at radius 2 is 1.91 bits per heavy atom. The van der Waals surface area contributed by atoms with Crippen LogP contribution in [0, 0.1) is 0 Å². The lowest BCUT2D eigenvalue weighted by atomic mass is 10.1. The van der Waals surface area contributed by atoms with Crippen LogP contribution in [0.25, 0.3) is 0 Å². The molecule has 9 heteroatoms. The highest BCUT2D eigenvalue weighted by molar-refractivity contribution is 5.89. The van der Waals surface area contributed by atoms with Crippen molar-refractivity contribution in [1.82, 2.24) is 15.1 Å². The highest BCUT2D eigenvalue weighted by Gasteiger charge is 2.38. The summed E-state index contributed by atoms with van der Waals surface area (Å²) in [5, 5.41) is 12.9. The fraction of sp³-hybridized carbons (Fsp3) is 0.640. The molecule has 1 aliphatic rings. The SMILES string of the molecule is CN(C)CCNCCCC[C@H](N)C(=O)N1CCC[C@H]1C(=O)O[C@@H](CCc1ccccc1)C(=O)O. The summed E-state index contributed by atoms with van der Waals surface area (Å²) in [4.78, 5) is 40.9. The van der Waals surface area contributed by atoms with Crippen molar-refractivity contribution in [3.8, 4) is 0 Å². The maximum Gasteiger partial charge on any atom is 0.345 e. The molecule has 0 aromatic heterocycles. The van der Waals surface area contributed by atoms with Crippen LogP contribution in [0.15, 0.2) is 30.3 Å². The van der Waals surface area contributed by atoms with E-state index in [0.29, 0.717) is 32.2 Å². The second kappa shape index (κ2) is 14.7. The summed E-state index contributed by atoms with van der Waals surface area (Å²) in [6.07, 6.45) is 2.79. The van der Waals surface area contributed by atoms with Gasteiger partial charge in [0.15, 0.2) is 6.10 Å². The van der Waals surface area contributed by atoms with E-state index >= 15 is 0 Å². The maximum absolute atomic E-state index is 12.9. The molecule has 1 aromatic rings. The van der Waals surface area contributed by atoms with Crippen molar-refractivity contribution in [2.24, 2.45) is 5.73 Å². The molecule has 0 unspecified atom stereocenters. The fourth-order valence-corrected chi connectivity index (χ4v) is 4.05. The molecule has 1 aliphatic heterocycles. The largest absolute Gasteiger partial charge is 0.479 e. The number of benzene rings is 1. The number of aryl methyl sites for hydroxylation is 1. The molecule has 9 nitrogen and oxygen atoms in total. The van der Waals surface area contributed by atoms with Crippen LogP contribution >= 0.6 is 0 Å². The molecule has 1 fully saturated rings. The van der Waals surface area contributed by atoms with E-state index in [9.17, 15) is 19.5 Å². The first-order chi connectivity index (χ1) is 16.3. The minimum atomic E-state index is -1.25. The Labute approximate surface area is 202 Å². The average Bonchev–Trinajstić information content (AvgIpc) is 3.30. The number of carbonyl (C=O) groups is 3. The van der Waals surface area contributed by atoms with Crippen molar-refractivity contribution in [3.63, 3.8) is 0 Å². The van der Waals surface area contributed by atoms with Gasteiger partial charge >= 0.3 is 11.9 Å². The zero-order valence-electron chi connectivity index (χ0n) is 20.4. The van der Waals surface area contributed by atoms with Crippen molar-refractivity contribution in [3.05, 3.63) is 35.9 Å². The van der Waals surface area contributed by atoms with Crippen LogP contribution in [-0.4, -0.2) is 91.2 Å². The molecule has 190 valence electrons. The molecular formula is C25H40N4O5. The Bertz CT molecular complexity index is 774. The number of hydrogen-bond acceptors (Lipinski definition) is 7. The molecule has 1 aromatic carbocycles. The lowest BCUT2D eigenvalue weighted by molar-refractivity contribution is -0.168. The minimum Gasteiger partial charge on any atom is -0.479 e. The number of nitrogens with two attached hydrogens (primary N) is 1. The Hall–Kier alpha value is -2.49. The number of unbranched alkanes of at least 4 members (excludes halogenated alkanes) is 1. The predicted molar refractivity (Wildman–Crippen MR) is 130 cm³/mol. The summed E-state index contributed by atoms with van der Waals surface area (Å²) in [6.45, 7) is 3.19. The first kappa shape index (κ1) is 27.8. The molecule has 2 rings (SSSR count). The molecule has 0 radical (unpaired) electrons. The number of rotatable bonds is 15. The van der Waals surface area contributed by atoms with E-state index in [-0.39, 0.29) is 12.3 Å². The van der Waals surface area contributed by atoms with Crippen LogP contribution in [0.5, 0.6) is 0 Å². The Morgan fingerprint density at radius 3 is 2.59 bits per heavy atom. The molecular weight excluding hydrogens is 436 g/mol. The van der Waals surface area contributed by atoms with Crippen LogP contribution in [-0.2, 0) is 25.5 Å². The normalized spacial score (nSPS) is 17.5. The maximum atomic E-state index is 12.9. The molecule has 0 saturated carbocycles. The Kier molecular flexibility index (Phi) is 12.0. The van der Waals surface area contributed by atoms with E-state index in [1.165, 1.54) is 4.90 Å². The molecule has 0 spiro atoms. The fourth-order valence-electron chi connectivity index (χ4n) is 4.05. The Morgan fingerprint density at radius 1 is 1.18 bits per heavy atom. The molecule has 4 N–H and O–H groups in total. The van der Waals surface area contributed by atoms with Crippen molar-refractivity contribution < 1.29 is 24.2 Å². The third kappa shape index (κ3) is 9.40.